The van der Waals surface area contributed by atoms with Crippen LogP contribution in [0.15, 0.2) is 36.9 Å². The molecule has 218 valence electrons. The van der Waals surface area contributed by atoms with Crippen LogP contribution in [0.1, 0.15) is 59.4 Å². The maximum absolute atomic E-state index is 13.7. The van der Waals surface area contributed by atoms with Gasteiger partial charge < -0.3 is 20.2 Å². The molecule has 2 rings (SSSR count). The zero-order valence-electron chi connectivity index (χ0n) is 24.7. The molecule has 2 amide bonds. The quantitative estimate of drug-likeness (QED) is 0.154. The van der Waals surface area contributed by atoms with Gasteiger partial charge in [-0.3, -0.25) is 19.4 Å². The fourth-order valence-corrected chi connectivity index (χ4v) is 4.86. The van der Waals surface area contributed by atoms with Gasteiger partial charge in [0.1, 0.15) is 17.8 Å². The number of hydrogen-bond donors (Lipinski definition) is 3. The summed E-state index contributed by atoms with van der Waals surface area (Å²) < 4.78 is 11.8. The van der Waals surface area contributed by atoms with E-state index in [-0.39, 0.29) is 29.9 Å². The number of ether oxygens (including phenoxy) is 1. The van der Waals surface area contributed by atoms with Crippen molar-refractivity contribution in [2.45, 2.75) is 96.6 Å². The summed E-state index contributed by atoms with van der Waals surface area (Å²) in [6, 6.07) is 5.39. The molecule has 0 saturated carbocycles. The van der Waals surface area contributed by atoms with E-state index >= 15 is 0 Å². The number of nitrogens with zero attached hydrogens (tertiary/aromatic N) is 1. The van der Waals surface area contributed by atoms with Crippen LogP contribution >= 0.6 is 0 Å². The molecule has 1 aliphatic heterocycles. The molecule has 0 spiro atoms. The van der Waals surface area contributed by atoms with E-state index in [1.54, 1.807) is 6.08 Å². The third-order valence-electron chi connectivity index (χ3n) is 7.46. The number of nitrogens with two attached hydrogens (primary N) is 1. The number of nitrogens with one attached hydrogen (secondary N) is 2. The van der Waals surface area contributed by atoms with Gasteiger partial charge in [0.05, 0.1) is 12.6 Å². The minimum atomic E-state index is -2.06. The molecule has 1 saturated heterocycles. The molecule has 0 aromatic heterocycles. The van der Waals surface area contributed by atoms with Crippen molar-refractivity contribution in [3.8, 4) is 5.75 Å². The van der Waals surface area contributed by atoms with Crippen LogP contribution in [-0.4, -0.2) is 62.4 Å². The lowest BCUT2D eigenvalue weighted by Crippen LogP contribution is -2.61. The van der Waals surface area contributed by atoms with Gasteiger partial charge in [-0.1, -0.05) is 52.8 Å². The molecule has 3 atom stereocenters. The molecule has 0 aliphatic carbocycles. The third-order valence-corrected chi connectivity index (χ3v) is 11.8. The molecule has 39 heavy (non-hydrogen) atoms. The maximum Gasteiger partial charge on any atom is 0.324 e. The van der Waals surface area contributed by atoms with E-state index in [1.807, 2.05) is 38.1 Å². The SMILES string of the molecule is C=CCCOC(=O)[C@@H]1CCCN(C(=O)[C@H](Cc2cccc(O[Si](C)(C)C(C)(C)C)c2)NC(=O)[C@@H](N)C(C)C)N1. The highest BCUT2D eigenvalue weighted by Gasteiger charge is 2.39. The standard InChI is InChI=1S/C29H48N4O5Si/c1-9-10-17-37-28(36)23-15-12-16-33(32-23)27(35)24(31-26(34)25(30)20(2)3)19-21-13-11-14-22(18-21)38-39(7,8)29(4,5)6/h9,11,13-14,18,20,23-25,32H,1,10,12,15-17,19,30H2,2-8H3,(H,31,34)/t23-,24-,25-/m0/s1. The van der Waals surface area contributed by atoms with Crippen molar-refractivity contribution in [2.24, 2.45) is 11.7 Å². The Bertz CT molecular complexity index is 1010. The molecule has 0 unspecified atom stereocenters. The van der Waals surface area contributed by atoms with Crippen molar-refractivity contribution < 1.29 is 23.5 Å². The van der Waals surface area contributed by atoms with Crippen LogP contribution in [0.5, 0.6) is 5.75 Å². The molecule has 10 heteroatoms. The Morgan fingerprint density at radius 1 is 1.28 bits per heavy atom. The normalized spacial score (nSPS) is 17.8. The van der Waals surface area contributed by atoms with Crippen LogP contribution in [0, 0.1) is 5.92 Å². The molecule has 1 aromatic carbocycles. The smallest absolute Gasteiger partial charge is 0.324 e. The summed E-state index contributed by atoms with van der Waals surface area (Å²) in [5.74, 6) is -0.487. The van der Waals surface area contributed by atoms with Crippen molar-refractivity contribution in [3.63, 3.8) is 0 Å². The predicted molar refractivity (Wildman–Crippen MR) is 156 cm³/mol. The highest BCUT2D eigenvalue weighted by molar-refractivity contribution is 6.74. The summed E-state index contributed by atoms with van der Waals surface area (Å²) in [7, 11) is -2.06. The lowest BCUT2D eigenvalue weighted by Gasteiger charge is -2.36. The first-order chi connectivity index (χ1) is 18.2. The second kappa shape index (κ2) is 14.1. The van der Waals surface area contributed by atoms with E-state index in [0.29, 0.717) is 25.8 Å². The first-order valence-corrected chi connectivity index (χ1v) is 16.8. The molecule has 1 aliphatic rings. The number of carbonyl (C=O) groups is 3. The summed E-state index contributed by atoms with van der Waals surface area (Å²) in [4.78, 5) is 39.2. The Labute approximate surface area is 235 Å². The molecular formula is C29H48N4O5Si. The second-order valence-corrected chi connectivity index (χ2v) is 16.8. The van der Waals surface area contributed by atoms with Crippen LogP contribution in [0.4, 0.5) is 0 Å². The average Bonchev–Trinajstić information content (AvgIpc) is 2.86. The fourth-order valence-electron chi connectivity index (χ4n) is 3.84. The minimum Gasteiger partial charge on any atom is -0.543 e. The summed E-state index contributed by atoms with van der Waals surface area (Å²) >= 11 is 0. The molecular weight excluding hydrogens is 512 g/mol. The van der Waals surface area contributed by atoms with Crippen molar-refractivity contribution in [1.82, 2.24) is 15.8 Å². The fraction of sp³-hybridized carbons (Fsp3) is 0.621. The number of rotatable bonds is 12. The summed E-state index contributed by atoms with van der Waals surface area (Å²) in [5, 5.41) is 4.32. The molecule has 9 nitrogen and oxygen atoms in total. The van der Waals surface area contributed by atoms with Crippen molar-refractivity contribution in [1.29, 1.82) is 0 Å². The second-order valence-electron chi connectivity index (χ2n) is 12.1. The van der Waals surface area contributed by atoms with Gasteiger partial charge in [0.15, 0.2) is 0 Å². The van der Waals surface area contributed by atoms with E-state index < -0.39 is 38.3 Å². The van der Waals surface area contributed by atoms with Crippen LogP contribution in [0.3, 0.4) is 0 Å². The average molecular weight is 561 g/mol. The van der Waals surface area contributed by atoms with Gasteiger partial charge in [0, 0.05) is 13.0 Å². The van der Waals surface area contributed by atoms with Crippen molar-refractivity contribution >= 4 is 26.1 Å². The molecule has 1 fully saturated rings. The van der Waals surface area contributed by atoms with Crippen molar-refractivity contribution in [2.75, 3.05) is 13.2 Å². The van der Waals surface area contributed by atoms with Gasteiger partial charge in [-0.25, -0.2) is 5.43 Å². The number of hydrogen-bond acceptors (Lipinski definition) is 7. The molecule has 0 bridgehead atoms. The Morgan fingerprint density at radius 3 is 2.59 bits per heavy atom. The van der Waals surface area contributed by atoms with Crippen LogP contribution in [0.25, 0.3) is 0 Å². The molecule has 1 aromatic rings. The predicted octanol–water partition coefficient (Wildman–Crippen LogP) is 3.70. The largest absolute Gasteiger partial charge is 0.543 e. The summed E-state index contributed by atoms with van der Waals surface area (Å²) in [5.41, 5.74) is 9.96. The zero-order valence-corrected chi connectivity index (χ0v) is 25.7. The lowest BCUT2D eigenvalue weighted by atomic mass is 10.0. The van der Waals surface area contributed by atoms with E-state index in [0.717, 1.165) is 11.3 Å². The summed E-state index contributed by atoms with van der Waals surface area (Å²) in [6.07, 6.45) is 3.67. The number of amides is 2. The third kappa shape index (κ3) is 9.47. The van der Waals surface area contributed by atoms with E-state index in [2.05, 4.69) is 51.2 Å². The monoisotopic (exact) mass is 560 g/mol. The first-order valence-electron chi connectivity index (χ1n) is 13.8. The molecule has 1 heterocycles. The molecule has 4 N–H and O–H groups in total. The maximum atomic E-state index is 13.7. The van der Waals surface area contributed by atoms with E-state index in [1.165, 1.54) is 5.01 Å². The highest BCUT2D eigenvalue weighted by atomic mass is 28.4. The topological polar surface area (TPSA) is 123 Å². The molecule has 0 radical (unpaired) electrons. The van der Waals surface area contributed by atoms with Gasteiger partial charge >= 0.3 is 5.97 Å². The number of esters is 1. The summed E-state index contributed by atoms with van der Waals surface area (Å²) in [6.45, 7) is 18.9. The lowest BCUT2D eigenvalue weighted by molar-refractivity contribution is -0.153. The van der Waals surface area contributed by atoms with Crippen LogP contribution in [-0.2, 0) is 25.5 Å². The Kier molecular flexibility index (Phi) is 11.7. The van der Waals surface area contributed by atoms with Gasteiger partial charge in [0.2, 0.25) is 14.2 Å². The van der Waals surface area contributed by atoms with E-state index in [9.17, 15) is 14.4 Å². The Balaban J connectivity index is 2.25. The number of benzene rings is 1. The number of carbonyl (C=O) groups excluding carboxylic acids is 3. The van der Waals surface area contributed by atoms with Crippen LogP contribution in [0.2, 0.25) is 18.1 Å². The van der Waals surface area contributed by atoms with Gasteiger partial charge in [-0.05, 0) is 61.0 Å². The Hall–Kier alpha value is -2.69. The Morgan fingerprint density at radius 2 is 1.97 bits per heavy atom. The van der Waals surface area contributed by atoms with Gasteiger partial charge in [-0.15, -0.1) is 6.58 Å². The zero-order chi connectivity index (χ0) is 29.4. The highest BCUT2D eigenvalue weighted by Crippen LogP contribution is 2.37. The van der Waals surface area contributed by atoms with Crippen LogP contribution < -0.4 is 20.9 Å². The van der Waals surface area contributed by atoms with E-state index in [4.69, 9.17) is 14.9 Å². The minimum absolute atomic E-state index is 0.0335. The van der Waals surface area contributed by atoms with Gasteiger partial charge in [-0.2, -0.15) is 0 Å². The van der Waals surface area contributed by atoms with Gasteiger partial charge in [0.25, 0.3) is 5.91 Å². The van der Waals surface area contributed by atoms with Crippen molar-refractivity contribution in [3.05, 3.63) is 42.5 Å². The first kappa shape index (κ1) is 32.5. The number of hydrazine groups is 1.